The summed E-state index contributed by atoms with van der Waals surface area (Å²) in [6.45, 7) is 5.51. The first kappa shape index (κ1) is 18.5. The molecule has 1 unspecified atom stereocenters. The molecular formula is C18H29IN4. The number of likely N-dealkylation sites (tertiary alicyclic amines) is 1. The van der Waals surface area contributed by atoms with Gasteiger partial charge in [0.2, 0.25) is 0 Å². The number of piperidine rings is 1. The largest absolute Gasteiger partial charge is 0.356 e. The second kappa shape index (κ2) is 8.87. The monoisotopic (exact) mass is 428 g/mol. The van der Waals surface area contributed by atoms with Crippen molar-refractivity contribution >= 4 is 29.9 Å². The predicted octanol–water partition coefficient (Wildman–Crippen LogP) is 2.58. The van der Waals surface area contributed by atoms with Gasteiger partial charge in [-0.3, -0.25) is 4.99 Å². The number of aliphatic imine (C=N–C) groups is 1. The van der Waals surface area contributed by atoms with Gasteiger partial charge in [0, 0.05) is 33.2 Å². The summed E-state index contributed by atoms with van der Waals surface area (Å²) < 4.78 is 0. The second-order valence-electron chi connectivity index (χ2n) is 6.64. The van der Waals surface area contributed by atoms with Gasteiger partial charge in [-0.25, -0.2) is 0 Å². The van der Waals surface area contributed by atoms with Crippen molar-refractivity contribution in [3.05, 3.63) is 35.4 Å². The zero-order valence-corrected chi connectivity index (χ0v) is 16.6. The molecule has 1 aromatic rings. The average molecular weight is 428 g/mol. The van der Waals surface area contributed by atoms with Gasteiger partial charge < -0.3 is 15.1 Å². The topological polar surface area (TPSA) is 30.9 Å². The Bertz CT molecular complexity index is 532. The van der Waals surface area contributed by atoms with Crippen LogP contribution in [-0.2, 0) is 13.0 Å². The number of guanidine groups is 1. The number of nitrogens with one attached hydrogen (secondary N) is 1. The third-order valence-electron chi connectivity index (χ3n) is 4.91. The Labute approximate surface area is 157 Å². The lowest BCUT2D eigenvalue weighted by Crippen LogP contribution is -2.47. The van der Waals surface area contributed by atoms with E-state index in [1.807, 2.05) is 7.05 Å². The highest BCUT2D eigenvalue weighted by molar-refractivity contribution is 14.0. The lowest BCUT2D eigenvalue weighted by Gasteiger charge is -2.34. The summed E-state index contributed by atoms with van der Waals surface area (Å²) >= 11 is 0. The van der Waals surface area contributed by atoms with Gasteiger partial charge in [0.1, 0.15) is 0 Å². The van der Waals surface area contributed by atoms with Crippen LogP contribution in [0.5, 0.6) is 0 Å². The minimum atomic E-state index is 0. The fourth-order valence-corrected chi connectivity index (χ4v) is 3.68. The Balaban J connectivity index is 0.00000192. The van der Waals surface area contributed by atoms with Crippen LogP contribution < -0.4 is 5.32 Å². The highest BCUT2D eigenvalue weighted by Gasteiger charge is 2.21. The van der Waals surface area contributed by atoms with Crippen LogP contribution in [0.3, 0.4) is 0 Å². The smallest absolute Gasteiger partial charge is 0.193 e. The second-order valence-corrected chi connectivity index (χ2v) is 6.64. The lowest BCUT2D eigenvalue weighted by molar-refractivity contribution is 0.209. The third kappa shape index (κ3) is 4.83. The van der Waals surface area contributed by atoms with E-state index in [2.05, 4.69) is 51.4 Å². The normalized spacial score (nSPS) is 22.3. The van der Waals surface area contributed by atoms with E-state index in [0.29, 0.717) is 0 Å². The van der Waals surface area contributed by atoms with Gasteiger partial charge >= 0.3 is 0 Å². The molecular weight excluding hydrogens is 399 g/mol. The summed E-state index contributed by atoms with van der Waals surface area (Å²) in [7, 11) is 4.12. The van der Waals surface area contributed by atoms with Gasteiger partial charge in [0.15, 0.2) is 5.96 Å². The number of rotatable bonds is 2. The fourth-order valence-electron chi connectivity index (χ4n) is 3.68. The van der Waals surface area contributed by atoms with Crippen molar-refractivity contribution in [3.8, 4) is 0 Å². The van der Waals surface area contributed by atoms with Crippen LogP contribution in [0.4, 0.5) is 0 Å². The van der Waals surface area contributed by atoms with Crippen molar-refractivity contribution in [2.75, 3.05) is 40.3 Å². The quantitative estimate of drug-likeness (QED) is 0.447. The molecule has 0 bridgehead atoms. The third-order valence-corrected chi connectivity index (χ3v) is 4.91. The van der Waals surface area contributed by atoms with Crippen LogP contribution >= 0.6 is 24.0 Å². The van der Waals surface area contributed by atoms with Crippen LogP contribution in [0.15, 0.2) is 29.3 Å². The van der Waals surface area contributed by atoms with Crippen molar-refractivity contribution in [1.29, 1.82) is 0 Å². The molecule has 1 N–H and O–H groups in total. The van der Waals surface area contributed by atoms with Crippen molar-refractivity contribution in [2.24, 2.45) is 10.9 Å². The standard InChI is InChI=1S/C18H28N4.HI/c1-19-18(20-12-15-6-5-10-21(2)13-15)22-11-9-16-7-3-4-8-17(16)14-22;/h3-4,7-8,15H,5-6,9-14H2,1-2H3,(H,19,20);1H. The molecule has 2 heterocycles. The van der Waals surface area contributed by atoms with E-state index in [1.54, 1.807) is 0 Å². The van der Waals surface area contributed by atoms with E-state index in [1.165, 1.54) is 37.1 Å². The molecule has 0 saturated carbocycles. The summed E-state index contributed by atoms with van der Waals surface area (Å²) in [5, 5.41) is 3.61. The first-order chi connectivity index (χ1) is 10.8. The van der Waals surface area contributed by atoms with Crippen LogP contribution in [0, 0.1) is 5.92 Å². The van der Waals surface area contributed by atoms with E-state index in [-0.39, 0.29) is 24.0 Å². The zero-order valence-electron chi connectivity index (χ0n) is 14.3. The lowest BCUT2D eigenvalue weighted by atomic mass is 9.98. The number of benzene rings is 1. The van der Waals surface area contributed by atoms with Crippen molar-refractivity contribution in [1.82, 2.24) is 15.1 Å². The molecule has 128 valence electrons. The van der Waals surface area contributed by atoms with Crippen LogP contribution in [0.25, 0.3) is 0 Å². The van der Waals surface area contributed by atoms with Crippen LogP contribution in [0.2, 0.25) is 0 Å². The number of hydrogen-bond acceptors (Lipinski definition) is 2. The Hall–Kier alpha value is -0.820. The SMILES string of the molecule is CN=C(NCC1CCCN(C)C1)N1CCc2ccccc2C1.I. The highest BCUT2D eigenvalue weighted by Crippen LogP contribution is 2.19. The summed E-state index contributed by atoms with van der Waals surface area (Å²) in [5.74, 6) is 1.80. The summed E-state index contributed by atoms with van der Waals surface area (Å²) in [4.78, 5) is 9.33. The van der Waals surface area contributed by atoms with Gasteiger partial charge in [0.05, 0.1) is 0 Å². The maximum Gasteiger partial charge on any atom is 0.193 e. The molecule has 3 rings (SSSR count). The van der Waals surface area contributed by atoms with Crippen molar-refractivity contribution in [3.63, 3.8) is 0 Å². The van der Waals surface area contributed by atoms with Gasteiger partial charge in [-0.1, -0.05) is 24.3 Å². The molecule has 1 atom stereocenters. The van der Waals surface area contributed by atoms with E-state index >= 15 is 0 Å². The zero-order chi connectivity index (χ0) is 15.4. The first-order valence-corrected chi connectivity index (χ1v) is 8.47. The minimum Gasteiger partial charge on any atom is -0.356 e. The molecule has 2 aliphatic rings. The van der Waals surface area contributed by atoms with Crippen molar-refractivity contribution in [2.45, 2.75) is 25.8 Å². The number of nitrogens with zero attached hydrogens (tertiary/aromatic N) is 3. The van der Waals surface area contributed by atoms with Gasteiger partial charge in [-0.05, 0) is 49.9 Å². The first-order valence-electron chi connectivity index (χ1n) is 8.47. The molecule has 5 heteroatoms. The van der Waals surface area contributed by atoms with Crippen molar-refractivity contribution < 1.29 is 0 Å². The molecule has 4 nitrogen and oxygen atoms in total. The number of halogens is 1. The minimum absolute atomic E-state index is 0. The molecule has 0 aliphatic carbocycles. The molecule has 0 aromatic heterocycles. The summed E-state index contributed by atoms with van der Waals surface area (Å²) in [6.07, 6.45) is 3.76. The number of fused-ring (bicyclic) bond motifs is 1. The molecule has 1 saturated heterocycles. The maximum atomic E-state index is 4.51. The molecule has 1 fully saturated rings. The maximum absolute atomic E-state index is 4.51. The predicted molar refractivity (Wildman–Crippen MR) is 108 cm³/mol. The highest BCUT2D eigenvalue weighted by atomic mass is 127. The molecule has 0 amide bonds. The van der Waals surface area contributed by atoms with E-state index in [0.717, 1.165) is 37.9 Å². The van der Waals surface area contributed by atoms with E-state index < -0.39 is 0 Å². The van der Waals surface area contributed by atoms with Crippen LogP contribution in [0.1, 0.15) is 24.0 Å². The average Bonchev–Trinajstić information content (AvgIpc) is 2.55. The summed E-state index contributed by atoms with van der Waals surface area (Å²) in [6, 6.07) is 8.77. The van der Waals surface area contributed by atoms with Crippen LogP contribution in [-0.4, -0.2) is 56.0 Å². The van der Waals surface area contributed by atoms with E-state index in [4.69, 9.17) is 0 Å². The Morgan fingerprint density at radius 3 is 2.78 bits per heavy atom. The fraction of sp³-hybridized carbons (Fsp3) is 0.611. The van der Waals surface area contributed by atoms with Gasteiger partial charge in [0.25, 0.3) is 0 Å². The molecule has 0 radical (unpaired) electrons. The number of hydrogen-bond donors (Lipinski definition) is 1. The Kier molecular flexibility index (Phi) is 7.14. The Morgan fingerprint density at radius 2 is 2.04 bits per heavy atom. The van der Waals surface area contributed by atoms with E-state index in [9.17, 15) is 0 Å². The van der Waals surface area contributed by atoms with Gasteiger partial charge in [-0.15, -0.1) is 24.0 Å². The van der Waals surface area contributed by atoms with Gasteiger partial charge in [-0.2, -0.15) is 0 Å². The Morgan fingerprint density at radius 1 is 1.26 bits per heavy atom. The molecule has 1 aromatic carbocycles. The molecule has 2 aliphatic heterocycles. The molecule has 23 heavy (non-hydrogen) atoms. The summed E-state index contributed by atoms with van der Waals surface area (Å²) in [5.41, 5.74) is 2.93. The molecule has 0 spiro atoms.